The van der Waals surface area contributed by atoms with Crippen LogP contribution in [0.4, 0.5) is 0 Å². The lowest BCUT2D eigenvalue weighted by Gasteiger charge is -2.11. The minimum absolute atomic E-state index is 0.0149. The molecule has 21 heavy (non-hydrogen) atoms. The number of carboxylic acid groups (broad SMARTS) is 1. The van der Waals surface area contributed by atoms with Crippen molar-refractivity contribution in [3.63, 3.8) is 0 Å². The van der Waals surface area contributed by atoms with E-state index in [1.807, 2.05) is 26.0 Å². The number of fused-ring (bicyclic) bond motifs is 1. The topological polar surface area (TPSA) is 89.4 Å². The highest BCUT2D eigenvalue weighted by molar-refractivity contribution is 6.03. The van der Waals surface area contributed by atoms with Crippen molar-refractivity contribution >= 4 is 22.7 Å². The Labute approximate surface area is 121 Å². The molecule has 1 N–H and O–H groups in total. The SMILES string of the molecule is CCC(=O)OCc1nnc(C(=O)O)c2c(C)cc(C)cc12. The summed E-state index contributed by atoms with van der Waals surface area (Å²) in [5.41, 5.74) is 2.16. The maximum atomic E-state index is 11.3. The van der Waals surface area contributed by atoms with Crippen LogP contribution < -0.4 is 0 Å². The molecular formula is C15H16N2O4. The van der Waals surface area contributed by atoms with Crippen LogP contribution in [0.2, 0.25) is 0 Å². The monoisotopic (exact) mass is 288 g/mol. The van der Waals surface area contributed by atoms with Gasteiger partial charge in [-0.25, -0.2) is 4.79 Å². The van der Waals surface area contributed by atoms with Crippen LogP contribution in [0.15, 0.2) is 12.1 Å². The molecule has 0 unspecified atom stereocenters. The number of aryl methyl sites for hydroxylation is 2. The Kier molecular flexibility index (Phi) is 4.16. The van der Waals surface area contributed by atoms with Gasteiger partial charge in [-0.3, -0.25) is 4.79 Å². The normalized spacial score (nSPS) is 10.6. The van der Waals surface area contributed by atoms with Crippen LogP contribution in [-0.4, -0.2) is 27.2 Å². The summed E-state index contributed by atoms with van der Waals surface area (Å²) in [6.07, 6.45) is 0.274. The number of esters is 1. The van der Waals surface area contributed by atoms with Crippen LogP contribution in [-0.2, 0) is 16.1 Å². The zero-order chi connectivity index (χ0) is 15.6. The van der Waals surface area contributed by atoms with E-state index in [2.05, 4.69) is 10.2 Å². The zero-order valence-electron chi connectivity index (χ0n) is 12.1. The lowest BCUT2D eigenvalue weighted by Crippen LogP contribution is -2.10. The molecule has 0 bridgehead atoms. The fraction of sp³-hybridized carbons (Fsp3) is 0.333. The second kappa shape index (κ2) is 5.87. The number of carbonyl (C=O) groups excluding carboxylic acids is 1. The molecule has 1 aromatic heterocycles. The van der Waals surface area contributed by atoms with Crippen LogP contribution in [0.1, 0.15) is 40.7 Å². The molecule has 6 heteroatoms. The Hall–Kier alpha value is -2.50. The van der Waals surface area contributed by atoms with Crippen LogP contribution in [0.5, 0.6) is 0 Å². The van der Waals surface area contributed by atoms with E-state index in [0.717, 1.165) is 11.1 Å². The van der Waals surface area contributed by atoms with Crippen LogP contribution in [0.3, 0.4) is 0 Å². The number of ether oxygens (including phenoxy) is 1. The van der Waals surface area contributed by atoms with Gasteiger partial charge < -0.3 is 9.84 Å². The van der Waals surface area contributed by atoms with Crippen LogP contribution >= 0.6 is 0 Å². The minimum atomic E-state index is -1.13. The first-order valence-corrected chi connectivity index (χ1v) is 6.59. The Morgan fingerprint density at radius 1 is 1.24 bits per heavy atom. The van der Waals surface area contributed by atoms with Gasteiger partial charge in [-0.15, -0.1) is 5.10 Å². The molecule has 1 heterocycles. The smallest absolute Gasteiger partial charge is 0.357 e. The third-order valence-corrected chi connectivity index (χ3v) is 3.16. The van der Waals surface area contributed by atoms with Crippen molar-refractivity contribution in [1.29, 1.82) is 0 Å². The quantitative estimate of drug-likeness (QED) is 0.869. The van der Waals surface area contributed by atoms with E-state index in [1.165, 1.54) is 0 Å². The van der Waals surface area contributed by atoms with Gasteiger partial charge in [-0.1, -0.05) is 18.6 Å². The first-order valence-electron chi connectivity index (χ1n) is 6.59. The Morgan fingerprint density at radius 2 is 1.95 bits per heavy atom. The summed E-state index contributed by atoms with van der Waals surface area (Å²) in [6, 6.07) is 3.72. The predicted octanol–water partition coefficient (Wildman–Crippen LogP) is 2.40. The Balaban J connectivity index is 2.60. The summed E-state index contributed by atoms with van der Waals surface area (Å²) in [7, 11) is 0. The number of hydrogen-bond acceptors (Lipinski definition) is 5. The highest BCUT2D eigenvalue weighted by Crippen LogP contribution is 2.25. The van der Waals surface area contributed by atoms with Gasteiger partial charge in [0.1, 0.15) is 12.3 Å². The van der Waals surface area contributed by atoms with Gasteiger partial charge in [0, 0.05) is 17.2 Å². The zero-order valence-corrected chi connectivity index (χ0v) is 12.1. The first-order chi connectivity index (χ1) is 9.93. The number of rotatable bonds is 4. The molecule has 2 aromatic rings. The van der Waals surface area contributed by atoms with Crippen LogP contribution in [0, 0.1) is 13.8 Å². The van der Waals surface area contributed by atoms with E-state index >= 15 is 0 Å². The van der Waals surface area contributed by atoms with E-state index < -0.39 is 5.97 Å². The molecule has 0 amide bonds. The molecule has 0 aliphatic heterocycles. The molecular weight excluding hydrogens is 272 g/mol. The molecule has 0 atom stereocenters. The van der Waals surface area contributed by atoms with Crippen molar-refractivity contribution < 1.29 is 19.4 Å². The molecule has 0 fully saturated rings. The predicted molar refractivity (Wildman–Crippen MR) is 76.1 cm³/mol. The number of benzene rings is 1. The first kappa shape index (κ1) is 14.9. The summed E-state index contributed by atoms with van der Waals surface area (Å²) in [5, 5.41) is 18.1. The third-order valence-electron chi connectivity index (χ3n) is 3.16. The van der Waals surface area contributed by atoms with E-state index in [0.29, 0.717) is 16.5 Å². The van der Waals surface area contributed by atoms with Gasteiger partial charge in [-0.2, -0.15) is 5.10 Å². The number of aromatic nitrogens is 2. The highest BCUT2D eigenvalue weighted by Gasteiger charge is 2.17. The molecule has 0 radical (unpaired) electrons. The van der Waals surface area contributed by atoms with Crippen molar-refractivity contribution in [1.82, 2.24) is 10.2 Å². The lowest BCUT2D eigenvalue weighted by molar-refractivity contribution is -0.144. The van der Waals surface area contributed by atoms with Gasteiger partial charge in [0.2, 0.25) is 0 Å². The molecule has 0 spiro atoms. The standard InChI is InChI=1S/C15H16N2O4/c1-4-12(18)21-7-11-10-6-8(2)5-9(3)13(10)14(15(19)20)17-16-11/h5-6H,4,7H2,1-3H3,(H,19,20). The molecule has 110 valence electrons. The molecule has 0 aliphatic rings. The van der Waals surface area contributed by atoms with Crippen molar-refractivity contribution in [3.8, 4) is 0 Å². The minimum Gasteiger partial charge on any atom is -0.476 e. The second-order valence-corrected chi connectivity index (χ2v) is 4.82. The number of carboxylic acids is 1. The molecule has 1 aromatic carbocycles. The molecule has 2 rings (SSSR count). The summed E-state index contributed by atoms with van der Waals surface area (Å²) in [6.45, 7) is 5.42. The third kappa shape index (κ3) is 2.99. The van der Waals surface area contributed by atoms with Crippen molar-refractivity contribution in [2.45, 2.75) is 33.8 Å². The maximum Gasteiger partial charge on any atom is 0.357 e. The van der Waals surface area contributed by atoms with E-state index in [9.17, 15) is 14.7 Å². The summed E-state index contributed by atoms with van der Waals surface area (Å²) >= 11 is 0. The molecule has 0 aliphatic carbocycles. The largest absolute Gasteiger partial charge is 0.476 e. The van der Waals surface area contributed by atoms with Gasteiger partial charge in [-0.05, 0) is 25.5 Å². The molecule has 6 nitrogen and oxygen atoms in total. The fourth-order valence-corrected chi connectivity index (χ4v) is 2.23. The van der Waals surface area contributed by atoms with Gasteiger partial charge >= 0.3 is 11.9 Å². The number of aromatic carboxylic acids is 1. The second-order valence-electron chi connectivity index (χ2n) is 4.82. The Bertz CT molecular complexity index is 725. The van der Waals surface area contributed by atoms with Crippen molar-refractivity contribution in [2.75, 3.05) is 0 Å². The summed E-state index contributed by atoms with van der Waals surface area (Å²) < 4.78 is 5.08. The summed E-state index contributed by atoms with van der Waals surface area (Å²) in [4.78, 5) is 22.6. The fourth-order valence-electron chi connectivity index (χ4n) is 2.23. The maximum absolute atomic E-state index is 11.3. The number of nitrogens with zero attached hydrogens (tertiary/aromatic N) is 2. The average Bonchev–Trinajstić information content (AvgIpc) is 2.43. The van der Waals surface area contributed by atoms with Gasteiger partial charge in [0.25, 0.3) is 0 Å². The summed E-state index contributed by atoms with van der Waals surface area (Å²) in [5.74, 6) is -1.46. The van der Waals surface area contributed by atoms with E-state index in [4.69, 9.17) is 4.74 Å². The molecule has 0 saturated heterocycles. The van der Waals surface area contributed by atoms with E-state index in [1.54, 1.807) is 6.92 Å². The van der Waals surface area contributed by atoms with Crippen molar-refractivity contribution in [3.05, 3.63) is 34.6 Å². The molecule has 0 saturated carbocycles. The highest BCUT2D eigenvalue weighted by atomic mass is 16.5. The Morgan fingerprint density at radius 3 is 2.57 bits per heavy atom. The number of carbonyl (C=O) groups is 2. The average molecular weight is 288 g/mol. The number of hydrogen-bond donors (Lipinski definition) is 1. The van der Waals surface area contributed by atoms with Crippen LogP contribution in [0.25, 0.3) is 10.8 Å². The lowest BCUT2D eigenvalue weighted by atomic mass is 10.0. The van der Waals surface area contributed by atoms with E-state index in [-0.39, 0.29) is 24.7 Å². The van der Waals surface area contributed by atoms with Crippen molar-refractivity contribution in [2.24, 2.45) is 0 Å². The van der Waals surface area contributed by atoms with Gasteiger partial charge in [0.05, 0.1) is 0 Å². The van der Waals surface area contributed by atoms with Gasteiger partial charge in [0.15, 0.2) is 5.69 Å².